The number of carbonyl (C=O) groups excluding carboxylic acids is 3. The van der Waals surface area contributed by atoms with E-state index in [0.29, 0.717) is 34.6 Å². The molecular formula is C29H28Br2N4O4. The number of hydrogen-bond acceptors (Lipinski definition) is 4. The second-order valence-electron chi connectivity index (χ2n) is 8.98. The summed E-state index contributed by atoms with van der Waals surface area (Å²) < 4.78 is 8.53. The monoisotopic (exact) mass is 654 g/mol. The van der Waals surface area contributed by atoms with Crippen LogP contribution in [0.5, 0.6) is 5.75 Å². The molecule has 3 aromatic carbocycles. The molecule has 4 aromatic rings. The van der Waals surface area contributed by atoms with Crippen LogP contribution in [0.4, 0.5) is 11.4 Å². The zero-order valence-electron chi connectivity index (χ0n) is 21.5. The van der Waals surface area contributed by atoms with Crippen LogP contribution in [0.15, 0.2) is 75.7 Å². The zero-order chi connectivity index (χ0) is 27.9. The van der Waals surface area contributed by atoms with Crippen molar-refractivity contribution in [3.8, 4) is 5.75 Å². The number of ether oxygens (including phenoxy) is 1. The quantitative estimate of drug-likeness (QED) is 0.133. The molecule has 0 unspecified atom stereocenters. The third-order valence-corrected chi connectivity index (χ3v) is 7.07. The summed E-state index contributed by atoms with van der Waals surface area (Å²) >= 11 is 6.90. The number of fused-ring (bicyclic) bond motifs is 1. The van der Waals surface area contributed by atoms with Gasteiger partial charge in [0.15, 0.2) is 0 Å². The highest BCUT2D eigenvalue weighted by Gasteiger charge is 2.22. The van der Waals surface area contributed by atoms with Crippen molar-refractivity contribution in [3.63, 3.8) is 0 Å². The van der Waals surface area contributed by atoms with Crippen LogP contribution < -0.4 is 20.8 Å². The van der Waals surface area contributed by atoms with Gasteiger partial charge in [-0.15, -0.1) is 0 Å². The van der Waals surface area contributed by atoms with E-state index in [-0.39, 0.29) is 5.69 Å². The number of benzene rings is 3. The van der Waals surface area contributed by atoms with E-state index in [0.717, 1.165) is 33.8 Å². The number of aryl methyl sites for hydroxylation is 1. The molecule has 3 amide bonds. The van der Waals surface area contributed by atoms with E-state index < -0.39 is 17.7 Å². The van der Waals surface area contributed by atoms with Crippen LogP contribution in [0, 0.1) is 6.92 Å². The highest BCUT2D eigenvalue weighted by Crippen LogP contribution is 2.27. The van der Waals surface area contributed by atoms with Crippen LogP contribution in [0.25, 0.3) is 10.9 Å². The highest BCUT2D eigenvalue weighted by molar-refractivity contribution is 9.10. The first-order chi connectivity index (χ1) is 18.7. The molecule has 1 aromatic heterocycles. The van der Waals surface area contributed by atoms with Crippen molar-refractivity contribution >= 4 is 71.9 Å². The summed E-state index contributed by atoms with van der Waals surface area (Å²) in [4.78, 5) is 38.9. The lowest BCUT2D eigenvalue weighted by Gasteiger charge is -2.13. The molecule has 39 heavy (non-hydrogen) atoms. The minimum atomic E-state index is -0.930. The number of anilines is 2. The predicted molar refractivity (Wildman–Crippen MR) is 161 cm³/mol. The number of aromatic nitrogens is 1. The van der Waals surface area contributed by atoms with Crippen molar-refractivity contribution in [1.82, 2.24) is 4.68 Å². The van der Waals surface area contributed by atoms with Crippen molar-refractivity contribution in [2.45, 2.75) is 33.1 Å². The average Bonchev–Trinajstić information content (AvgIpc) is 3.26. The van der Waals surface area contributed by atoms with Crippen LogP contribution in [-0.4, -0.2) is 29.0 Å². The Labute approximate surface area is 243 Å². The van der Waals surface area contributed by atoms with Crippen LogP contribution in [0.2, 0.25) is 0 Å². The topological polar surface area (TPSA) is 101 Å². The van der Waals surface area contributed by atoms with Gasteiger partial charge in [-0.3, -0.25) is 19.8 Å². The first kappa shape index (κ1) is 28.4. The van der Waals surface area contributed by atoms with E-state index in [2.05, 4.69) is 54.8 Å². The number of halogens is 2. The number of hydrogen-bond donors (Lipinski definition) is 3. The smallest absolute Gasteiger partial charge is 0.328 e. The molecule has 3 N–H and O–H groups in total. The number of rotatable bonds is 9. The summed E-state index contributed by atoms with van der Waals surface area (Å²) in [5.41, 5.74) is 5.33. The zero-order valence-corrected chi connectivity index (χ0v) is 24.7. The maximum Gasteiger partial charge on any atom is 0.328 e. The van der Waals surface area contributed by atoms with Gasteiger partial charge in [0, 0.05) is 20.0 Å². The summed E-state index contributed by atoms with van der Waals surface area (Å²) in [6, 6.07) is 19.4. The molecule has 0 bridgehead atoms. The third-order valence-electron chi connectivity index (χ3n) is 5.92. The van der Waals surface area contributed by atoms with Gasteiger partial charge >= 0.3 is 11.8 Å². The Kier molecular flexibility index (Phi) is 9.42. The minimum absolute atomic E-state index is 0.154. The van der Waals surface area contributed by atoms with Gasteiger partial charge in [0.1, 0.15) is 11.4 Å². The van der Waals surface area contributed by atoms with Gasteiger partial charge in [-0.1, -0.05) is 41.8 Å². The molecule has 0 radical (unpaired) electrons. The van der Waals surface area contributed by atoms with Crippen LogP contribution in [0.1, 0.15) is 42.2 Å². The Morgan fingerprint density at radius 2 is 1.64 bits per heavy atom. The molecule has 10 heteroatoms. The lowest BCUT2D eigenvalue weighted by Crippen LogP contribution is -2.36. The van der Waals surface area contributed by atoms with E-state index in [1.807, 2.05) is 25.1 Å². The van der Waals surface area contributed by atoms with E-state index >= 15 is 0 Å². The van der Waals surface area contributed by atoms with E-state index in [4.69, 9.17) is 4.74 Å². The van der Waals surface area contributed by atoms with Crippen LogP contribution in [0.3, 0.4) is 0 Å². The van der Waals surface area contributed by atoms with E-state index in [1.54, 1.807) is 48.5 Å². The van der Waals surface area contributed by atoms with Gasteiger partial charge < -0.3 is 15.4 Å². The normalized spacial score (nSPS) is 10.8. The van der Waals surface area contributed by atoms with E-state index in [9.17, 15) is 14.4 Å². The number of unbranched alkanes of at least 4 members (excludes halogenated alkanes) is 2. The Morgan fingerprint density at radius 1 is 0.872 bits per heavy atom. The fourth-order valence-corrected chi connectivity index (χ4v) is 4.87. The van der Waals surface area contributed by atoms with Gasteiger partial charge in [0.25, 0.3) is 5.91 Å². The first-order valence-electron chi connectivity index (χ1n) is 12.5. The minimum Gasteiger partial charge on any atom is -0.494 e. The molecule has 0 aliphatic carbocycles. The molecule has 0 aliphatic rings. The highest BCUT2D eigenvalue weighted by atomic mass is 79.9. The molecule has 0 saturated carbocycles. The molecule has 0 aliphatic heterocycles. The van der Waals surface area contributed by atoms with Crippen molar-refractivity contribution in [3.05, 3.63) is 86.9 Å². The Bertz CT molecular complexity index is 1520. The van der Waals surface area contributed by atoms with Crippen molar-refractivity contribution < 1.29 is 19.1 Å². The summed E-state index contributed by atoms with van der Waals surface area (Å²) in [6.45, 7) is 4.70. The maximum atomic E-state index is 13.3. The summed E-state index contributed by atoms with van der Waals surface area (Å²) in [7, 11) is 0. The fourth-order valence-electron chi connectivity index (χ4n) is 3.90. The summed E-state index contributed by atoms with van der Waals surface area (Å²) in [5, 5.41) is 6.14. The van der Waals surface area contributed by atoms with Gasteiger partial charge in [0.2, 0.25) is 0 Å². The molecular weight excluding hydrogens is 628 g/mol. The van der Waals surface area contributed by atoms with Crippen molar-refractivity contribution in [1.29, 1.82) is 0 Å². The van der Waals surface area contributed by atoms with Crippen molar-refractivity contribution in [2.75, 3.05) is 22.7 Å². The largest absolute Gasteiger partial charge is 0.494 e. The van der Waals surface area contributed by atoms with Crippen LogP contribution in [-0.2, 0) is 9.59 Å². The molecule has 0 fully saturated rings. The SMILES string of the molecule is CCCCCOc1ccc(NC(=O)C(=O)Nn2c(C(=O)Nc3ccc(C)cc3Br)cc3cc(Br)ccc32)cc1. The first-order valence-corrected chi connectivity index (χ1v) is 14.1. The lowest BCUT2D eigenvalue weighted by molar-refractivity contribution is -0.133. The average molecular weight is 656 g/mol. The number of nitrogens with zero attached hydrogens (tertiary/aromatic N) is 1. The molecule has 202 valence electrons. The summed E-state index contributed by atoms with van der Waals surface area (Å²) in [5.74, 6) is -1.57. The van der Waals surface area contributed by atoms with Gasteiger partial charge in [0.05, 0.1) is 17.8 Å². The Hall–Kier alpha value is -3.63. The number of nitrogens with one attached hydrogen (secondary N) is 3. The number of carbonyl (C=O) groups is 3. The second kappa shape index (κ2) is 12.9. The second-order valence-corrected chi connectivity index (χ2v) is 10.8. The predicted octanol–water partition coefficient (Wildman–Crippen LogP) is 7.00. The molecule has 4 rings (SSSR count). The third kappa shape index (κ3) is 7.27. The maximum absolute atomic E-state index is 13.3. The van der Waals surface area contributed by atoms with E-state index in [1.165, 1.54) is 4.68 Å². The molecule has 0 spiro atoms. The van der Waals surface area contributed by atoms with Gasteiger partial charge in [-0.05, 0) is 95.5 Å². The van der Waals surface area contributed by atoms with Crippen LogP contribution >= 0.6 is 31.9 Å². The molecule has 8 nitrogen and oxygen atoms in total. The summed E-state index contributed by atoms with van der Waals surface area (Å²) in [6.07, 6.45) is 3.19. The van der Waals surface area contributed by atoms with Crippen molar-refractivity contribution in [2.24, 2.45) is 0 Å². The Balaban J connectivity index is 1.50. The Morgan fingerprint density at radius 3 is 2.36 bits per heavy atom. The van der Waals surface area contributed by atoms with Gasteiger partial charge in [-0.25, -0.2) is 4.68 Å². The number of amides is 3. The molecule has 1 heterocycles. The molecule has 0 saturated heterocycles. The lowest BCUT2D eigenvalue weighted by atomic mass is 10.2. The molecule has 0 atom stereocenters. The fraction of sp³-hybridized carbons (Fsp3) is 0.207. The standard InChI is InChI=1S/C29H28Br2N4O4/c1-3-4-5-14-39-22-10-8-21(9-11-22)32-28(37)29(38)34-35-25-13-7-20(30)16-19(25)17-26(35)27(36)33-24-12-6-18(2)15-23(24)31/h6-13,15-17H,3-5,14H2,1-2H3,(H,32,37)(H,33,36)(H,34,38). The van der Waals surface area contributed by atoms with Gasteiger partial charge in [-0.2, -0.15) is 0 Å².